The number of hydrogen-bond acceptors (Lipinski definition) is 6. The molecule has 3 rings (SSSR count). The van der Waals surface area contributed by atoms with Crippen molar-refractivity contribution in [2.45, 2.75) is 38.9 Å². The molecule has 0 radical (unpaired) electrons. The Hall–Kier alpha value is -2.39. The van der Waals surface area contributed by atoms with Crippen LogP contribution in [0.4, 0.5) is 9.52 Å². The Morgan fingerprint density at radius 2 is 2.13 bits per heavy atom. The summed E-state index contributed by atoms with van der Waals surface area (Å²) >= 11 is 1.63. The Morgan fingerprint density at radius 1 is 1.35 bits per heavy atom. The average molecular weight is 449 g/mol. The number of aromatic nitrogens is 1. The fraction of sp³-hybridized carbons (Fsp3) is 0.545. The fourth-order valence-corrected chi connectivity index (χ4v) is 4.30. The van der Waals surface area contributed by atoms with Gasteiger partial charge in [-0.3, -0.25) is 4.90 Å². The summed E-state index contributed by atoms with van der Waals surface area (Å²) < 4.78 is 18.9. The van der Waals surface area contributed by atoms with Crippen molar-refractivity contribution in [3.05, 3.63) is 40.7 Å². The van der Waals surface area contributed by atoms with E-state index in [9.17, 15) is 4.39 Å². The second-order valence-electron chi connectivity index (χ2n) is 7.87. The zero-order chi connectivity index (χ0) is 22.2. The minimum atomic E-state index is -0.305. The van der Waals surface area contributed by atoms with Crippen LogP contribution >= 0.6 is 11.3 Å². The second-order valence-corrected chi connectivity index (χ2v) is 8.71. The highest BCUT2D eigenvalue weighted by molar-refractivity contribution is 7.13. The first-order valence-corrected chi connectivity index (χ1v) is 11.6. The Balaban J connectivity index is 1.49. The van der Waals surface area contributed by atoms with Crippen LogP contribution in [0, 0.1) is 5.82 Å². The van der Waals surface area contributed by atoms with Gasteiger partial charge in [-0.1, -0.05) is 6.07 Å². The van der Waals surface area contributed by atoms with E-state index in [0.717, 1.165) is 61.4 Å². The van der Waals surface area contributed by atoms with Gasteiger partial charge in [0.15, 0.2) is 22.7 Å². The van der Waals surface area contributed by atoms with Gasteiger partial charge in [-0.2, -0.15) is 0 Å². The van der Waals surface area contributed by atoms with Crippen LogP contribution in [0.3, 0.4) is 0 Å². The minimum absolute atomic E-state index is 0.289. The first-order valence-electron chi connectivity index (χ1n) is 10.7. The highest BCUT2D eigenvalue weighted by Gasteiger charge is 2.20. The van der Waals surface area contributed by atoms with Crippen molar-refractivity contribution in [3.63, 3.8) is 0 Å². The summed E-state index contributed by atoms with van der Waals surface area (Å²) in [6.07, 6.45) is 2.04. The summed E-state index contributed by atoms with van der Waals surface area (Å²) in [6.45, 7) is 6.11. The van der Waals surface area contributed by atoms with Crippen molar-refractivity contribution in [2.75, 3.05) is 45.7 Å². The number of piperidine rings is 1. The summed E-state index contributed by atoms with van der Waals surface area (Å²) in [5.74, 6) is 0.816. The van der Waals surface area contributed by atoms with Crippen LogP contribution in [0.2, 0.25) is 0 Å². The third-order valence-corrected chi connectivity index (χ3v) is 6.27. The van der Waals surface area contributed by atoms with Crippen molar-refractivity contribution in [2.24, 2.45) is 4.99 Å². The molecule has 2 N–H and O–H groups in total. The predicted octanol–water partition coefficient (Wildman–Crippen LogP) is 3.08. The quantitative estimate of drug-likeness (QED) is 0.478. The molecule has 0 spiro atoms. The average Bonchev–Trinajstić information content (AvgIpc) is 3.23. The maximum absolute atomic E-state index is 13.9. The highest BCUT2D eigenvalue weighted by Crippen LogP contribution is 2.21. The van der Waals surface area contributed by atoms with Crippen LogP contribution in [-0.2, 0) is 13.1 Å². The van der Waals surface area contributed by atoms with Crippen molar-refractivity contribution >= 4 is 22.4 Å². The number of hydrogen-bond donors (Lipinski definition) is 2. The smallest absolute Gasteiger partial charge is 0.191 e. The molecule has 1 aromatic heterocycles. The van der Waals surface area contributed by atoms with Crippen LogP contribution in [0.25, 0.3) is 0 Å². The van der Waals surface area contributed by atoms with Gasteiger partial charge in [-0.15, -0.1) is 11.3 Å². The van der Waals surface area contributed by atoms with Gasteiger partial charge in [-0.25, -0.2) is 14.4 Å². The van der Waals surface area contributed by atoms with E-state index in [0.29, 0.717) is 12.6 Å². The Morgan fingerprint density at radius 3 is 2.74 bits per heavy atom. The molecular weight excluding hydrogens is 415 g/mol. The largest absolute Gasteiger partial charge is 0.494 e. The minimum Gasteiger partial charge on any atom is -0.494 e. The molecule has 1 aromatic carbocycles. The van der Waals surface area contributed by atoms with E-state index in [2.05, 4.69) is 32.8 Å². The molecule has 31 heavy (non-hydrogen) atoms. The number of anilines is 1. The lowest BCUT2D eigenvalue weighted by Crippen LogP contribution is -2.48. The number of aliphatic imine (C=N–C) groups is 1. The molecular formula is C22H33FN6OS. The maximum atomic E-state index is 13.9. The molecule has 1 aliphatic rings. The van der Waals surface area contributed by atoms with E-state index in [4.69, 9.17) is 9.73 Å². The number of thiazole rings is 1. The fourth-order valence-electron chi connectivity index (χ4n) is 3.55. The number of nitrogens with one attached hydrogen (secondary N) is 2. The standard InChI is InChI=1S/C22H33FN6OS/c1-5-24-21(25-13-18-15-31-22(27-18)28(2)3)26-17-8-10-29(11-9-17)14-16-6-7-20(30-4)19(23)12-16/h6-7,12,15,17H,5,8-11,13-14H2,1-4H3,(H2,24,25,26). The summed E-state index contributed by atoms with van der Waals surface area (Å²) in [5, 5.41) is 9.95. The van der Waals surface area contributed by atoms with Gasteiger partial charge in [0.25, 0.3) is 0 Å². The van der Waals surface area contributed by atoms with Gasteiger partial charge in [0.1, 0.15) is 0 Å². The van der Waals surface area contributed by atoms with Crippen molar-refractivity contribution in [1.29, 1.82) is 0 Å². The van der Waals surface area contributed by atoms with E-state index < -0.39 is 0 Å². The lowest BCUT2D eigenvalue weighted by Gasteiger charge is -2.33. The van der Waals surface area contributed by atoms with Crippen LogP contribution < -0.4 is 20.3 Å². The van der Waals surface area contributed by atoms with Crippen LogP contribution in [0.5, 0.6) is 5.75 Å². The SMILES string of the molecule is CCNC(=NCc1csc(N(C)C)n1)NC1CCN(Cc2ccc(OC)c(F)c2)CC1. The second kappa shape index (κ2) is 11.3. The van der Waals surface area contributed by atoms with Crippen LogP contribution in [0.15, 0.2) is 28.6 Å². The van der Waals surface area contributed by atoms with Crippen molar-refractivity contribution in [1.82, 2.24) is 20.5 Å². The highest BCUT2D eigenvalue weighted by atomic mass is 32.1. The number of methoxy groups -OCH3 is 1. The van der Waals surface area contributed by atoms with Gasteiger partial charge in [-0.05, 0) is 37.5 Å². The molecule has 7 nitrogen and oxygen atoms in total. The zero-order valence-electron chi connectivity index (χ0n) is 18.8. The molecule has 0 bridgehead atoms. The summed E-state index contributed by atoms with van der Waals surface area (Å²) in [5.41, 5.74) is 1.95. The van der Waals surface area contributed by atoms with Crippen molar-refractivity contribution in [3.8, 4) is 5.75 Å². The number of nitrogens with zero attached hydrogens (tertiary/aromatic N) is 4. The molecule has 2 heterocycles. The molecule has 170 valence electrons. The number of guanidine groups is 1. The lowest BCUT2D eigenvalue weighted by atomic mass is 10.0. The normalized spacial score (nSPS) is 15.7. The first-order chi connectivity index (χ1) is 15.0. The van der Waals surface area contributed by atoms with Gasteiger partial charge in [0.2, 0.25) is 0 Å². The molecule has 2 aromatic rings. The molecule has 1 aliphatic heterocycles. The molecule has 0 saturated carbocycles. The summed E-state index contributed by atoms with van der Waals surface area (Å²) in [7, 11) is 5.47. The van der Waals surface area contributed by atoms with Gasteiger partial charge in [0.05, 0.1) is 19.3 Å². The number of ether oxygens (including phenoxy) is 1. The Labute approximate surface area is 188 Å². The molecule has 0 aliphatic carbocycles. The van der Waals surface area contributed by atoms with Gasteiger partial charge < -0.3 is 20.3 Å². The van der Waals surface area contributed by atoms with E-state index >= 15 is 0 Å². The topological polar surface area (TPSA) is 65.0 Å². The van der Waals surface area contributed by atoms with E-state index in [1.54, 1.807) is 23.5 Å². The Bertz CT molecular complexity index is 863. The first kappa shape index (κ1) is 23.3. The van der Waals surface area contributed by atoms with Crippen LogP contribution in [0.1, 0.15) is 31.0 Å². The monoisotopic (exact) mass is 448 g/mol. The van der Waals surface area contributed by atoms with Crippen LogP contribution in [-0.4, -0.2) is 62.7 Å². The van der Waals surface area contributed by atoms with E-state index in [1.165, 1.54) is 7.11 Å². The van der Waals surface area contributed by atoms with E-state index in [-0.39, 0.29) is 11.6 Å². The maximum Gasteiger partial charge on any atom is 0.191 e. The van der Waals surface area contributed by atoms with Gasteiger partial charge >= 0.3 is 0 Å². The molecule has 0 amide bonds. The lowest BCUT2D eigenvalue weighted by molar-refractivity contribution is 0.198. The molecule has 1 saturated heterocycles. The number of rotatable bonds is 8. The predicted molar refractivity (Wildman–Crippen MR) is 126 cm³/mol. The third kappa shape index (κ3) is 6.80. The molecule has 9 heteroatoms. The van der Waals surface area contributed by atoms with E-state index in [1.807, 2.05) is 25.1 Å². The Kier molecular flexibility index (Phi) is 8.48. The molecule has 1 fully saturated rings. The number of halogens is 1. The van der Waals surface area contributed by atoms with Gasteiger partial charge in [0, 0.05) is 51.7 Å². The van der Waals surface area contributed by atoms with Crippen molar-refractivity contribution < 1.29 is 9.13 Å². The summed E-state index contributed by atoms with van der Waals surface area (Å²) in [6, 6.07) is 5.57. The third-order valence-electron chi connectivity index (χ3n) is 5.22. The summed E-state index contributed by atoms with van der Waals surface area (Å²) in [4.78, 5) is 13.7. The zero-order valence-corrected chi connectivity index (χ0v) is 19.6. The molecule has 0 atom stereocenters. The molecule has 0 unspecified atom stereocenters. The number of likely N-dealkylation sites (tertiary alicyclic amines) is 1. The number of benzene rings is 1.